The second kappa shape index (κ2) is 8.47. The fraction of sp³-hybridized carbons (Fsp3) is 0.429. The van der Waals surface area contributed by atoms with Crippen LogP contribution in [0.1, 0.15) is 59.4 Å². The number of hydrogen-bond donors (Lipinski definition) is 2. The number of pyridine rings is 1. The maximum Gasteiger partial charge on any atom is 0.283 e. The van der Waals surface area contributed by atoms with E-state index in [-0.39, 0.29) is 23.3 Å². The van der Waals surface area contributed by atoms with Gasteiger partial charge in [0.25, 0.3) is 11.5 Å². The Balaban J connectivity index is 1.97. The van der Waals surface area contributed by atoms with Gasteiger partial charge in [-0.3, -0.25) is 9.59 Å². The quantitative estimate of drug-likeness (QED) is 0.665. The summed E-state index contributed by atoms with van der Waals surface area (Å²) in [6.45, 7) is 6.13. The zero-order chi connectivity index (χ0) is 20.4. The van der Waals surface area contributed by atoms with E-state index in [1.54, 1.807) is 19.9 Å². The van der Waals surface area contributed by atoms with Crippen molar-refractivity contribution in [3.05, 3.63) is 67.3 Å². The Morgan fingerprint density at radius 3 is 2.68 bits per heavy atom. The number of hydrogen-bond acceptors (Lipinski definition) is 3. The van der Waals surface area contributed by atoms with Gasteiger partial charge >= 0.3 is 0 Å². The van der Waals surface area contributed by atoms with Crippen molar-refractivity contribution in [2.75, 3.05) is 12.0 Å². The van der Waals surface area contributed by atoms with Gasteiger partial charge in [-0.15, -0.1) is 0 Å². The Labute approximate surface area is 172 Å². The topological polar surface area (TPSA) is 63.1 Å². The van der Waals surface area contributed by atoms with Crippen molar-refractivity contribution < 1.29 is 9.18 Å². The van der Waals surface area contributed by atoms with E-state index in [0.717, 1.165) is 24.8 Å². The monoisotopic (exact) mass is 449 g/mol. The summed E-state index contributed by atoms with van der Waals surface area (Å²) in [5.74, 6) is -0.271. The fourth-order valence-corrected chi connectivity index (χ4v) is 3.84. The third-order valence-corrected chi connectivity index (χ3v) is 6.06. The van der Waals surface area contributed by atoms with Crippen LogP contribution in [0, 0.1) is 25.6 Å². The zero-order valence-corrected chi connectivity index (χ0v) is 17.9. The number of carbonyl (C=O) groups excluding carboxylic acids is 1. The second-order valence-corrected chi connectivity index (χ2v) is 8.08. The lowest BCUT2D eigenvalue weighted by Crippen LogP contribution is -2.37. The molecule has 0 bridgehead atoms. The highest BCUT2D eigenvalue weighted by molar-refractivity contribution is 9.10. The van der Waals surface area contributed by atoms with E-state index in [4.69, 9.17) is 0 Å². The Kier molecular flexibility index (Phi) is 6.23. The summed E-state index contributed by atoms with van der Waals surface area (Å²) in [4.78, 5) is 25.8. The van der Waals surface area contributed by atoms with E-state index in [1.165, 1.54) is 16.8 Å². The summed E-state index contributed by atoms with van der Waals surface area (Å²) in [6, 6.07) is 6.13. The molecule has 1 saturated carbocycles. The van der Waals surface area contributed by atoms with Crippen LogP contribution in [0.25, 0.3) is 0 Å². The Hall–Kier alpha value is -2.15. The number of nitrogens with zero attached hydrogens (tertiary/aromatic N) is 1. The Morgan fingerprint density at radius 2 is 2.07 bits per heavy atom. The third-order valence-electron chi connectivity index (χ3n) is 5.13. The number of carbonyl (C=O) groups is 1. The molecule has 1 atom stereocenters. The van der Waals surface area contributed by atoms with Crippen LogP contribution in [0.5, 0.6) is 0 Å². The second-order valence-electron chi connectivity index (χ2n) is 7.29. The van der Waals surface area contributed by atoms with Crippen LogP contribution in [0.3, 0.4) is 0 Å². The number of benzene rings is 1. The van der Waals surface area contributed by atoms with Gasteiger partial charge in [0.1, 0.15) is 5.82 Å². The lowest BCUT2D eigenvalue weighted by atomic mass is 10.0. The van der Waals surface area contributed by atoms with Gasteiger partial charge in [-0.25, -0.2) is 9.07 Å². The number of halogens is 2. The minimum Gasteiger partial charge on any atom is -0.345 e. The van der Waals surface area contributed by atoms with Crippen molar-refractivity contribution in [1.82, 2.24) is 9.99 Å². The fourth-order valence-electron chi connectivity index (χ4n) is 3.47. The van der Waals surface area contributed by atoms with Gasteiger partial charge in [-0.2, -0.15) is 0 Å². The molecule has 1 amide bonds. The number of aromatic nitrogens is 1. The molecule has 3 rings (SSSR count). The summed E-state index contributed by atoms with van der Waals surface area (Å²) in [7, 11) is 0. The van der Waals surface area contributed by atoms with Crippen molar-refractivity contribution in [2.24, 2.45) is 5.92 Å². The highest BCUT2D eigenvalue weighted by atomic mass is 79.9. The predicted octanol–water partition coefficient (Wildman–Crippen LogP) is 4.20. The average molecular weight is 450 g/mol. The van der Waals surface area contributed by atoms with Crippen molar-refractivity contribution in [3.63, 3.8) is 0 Å². The van der Waals surface area contributed by atoms with Gasteiger partial charge in [0.05, 0.1) is 21.8 Å². The standard InChI is InChI=1S/C21H25BrFN3O2/c1-4-10-24-26-13(3)17(12(2)18(22)21(26)28)20(27)25-19(14-8-9-14)15-6-5-7-16(23)11-15/h5-7,11,14,19,24H,4,8-10H2,1-3H3,(H,25,27)/t19-/m0/s1. The van der Waals surface area contributed by atoms with Gasteiger partial charge < -0.3 is 10.7 Å². The highest BCUT2D eigenvalue weighted by Crippen LogP contribution is 2.41. The SMILES string of the molecule is CCCNn1c(C)c(C(=O)N[C@H](c2cccc(F)c2)C2CC2)c(C)c(Br)c1=O. The Morgan fingerprint density at radius 1 is 1.36 bits per heavy atom. The summed E-state index contributed by atoms with van der Waals surface area (Å²) in [5, 5.41) is 3.08. The molecule has 150 valence electrons. The summed E-state index contributed by atoms with van der Waals surface area (Å²) >= 11 is 3.33. The molecule has 1 aromatic heterocycles. The maximum atomic E-state index is 13.7. The third kappa shape index (κ3) is 4.14. The van der Waals surface area contributed by atoms with Gasteiger partial charge in [0, 0.05) is 6.54 Å². The molecule has 1 heterocycles. The molecule has 0 aliphatic heterocycles. The van der Waals surface area contributed by atoms with Crippen LogP contribution in [-0.2, 0) is 0 Å². The first kappa shape index (κ1) is 20.6. The van der Waals surface area contributed by atoms with Crippen molar-refractivity contribution in [2.45, 2.75) is 46.1 Å². The molecule has 5 nitrogen and oxygen atoms in total. The van der Waals surface area contributed by atoms with Crippen LogP contribution in [-0.4, -0.2) is 17.1 Å². The normalized spacial score (nSPS) is 14.6. The van der Waals surface area contributed by atoms with Crippen molar-refractivity contribution in [1.29, 1.82) is 0 Å². The van der Waals surface area contributed by atoms with Crippen LogP contribution in [0.15, 0.2) is 33.5 Å². The number of rotatable bonds is 7. The lowest BCUT2D eigenvalue weighted by molar-refractivity contribution is 0.0929. The van der Waals surface area contributed by atoms with E-state index < -0.39 is 0 Å². The van der Waals surface area contributed by atoms with Crippen LogP contribution < -0.4 is 16.3 Å². The van der Waals surface area contributed by atoms with E-state index in [2.05, 4.69) is 26.7 Å². The maximum absolute atomic E-state index is 13.7. The molecule has 0 unspecified atom stereocenters. The van der Waals surface area contributed by atoms with E-state index in [1.807, 2.05) is 13.0 Å². The number of amides is 1. The predicted molar refractivity (Wildman–Crippen MR) is 112 cm³/mol. The lowest BCUT2D eigenvalue weighted by Gasteiger charge is -2.22. The van der Waals surface area contributed by atoms with Crippen molar-refractivity contribution in [3.8, 4) is 0 Å². The van der Waals surface area contributed by atoms with Crippen LogP contribution in [0.2, 0.25) is 0 Å². The minimum atomic E-state index is -0.315. The van der Waals surface area contributed by atoms with Crippen LogP contribution in [0.4, 0.5) is 4.39 Å². The molecular formula is C21H25BrFN3O2. The summed E-state index contributed by atoms with van der Waals surface area (Å²) < 4.78 is 15.5. The van der Waals surface area contributed by atoms with Gasteiger partial charge in [-0.05, 0) is 78.2 Å². The van der Waals surface area contributed by atoms with Crippen molar-refractivity contribution >= 4 is 21.8 Å². The molecule has 1 fully saturated rings. The van der Waals surface area contributed by atoms with Gasteiger partial charge in [0.15, 0.2) is 0 Å². The van der Waals surface area contributed by atoms with E-state index in [0.29, 0.717) is 33.8 Å². The Bertz CT molecular complexity index is 953. The van der Waals surface area contributed by atoms with Gasteiger partial charge in [-0.1, -0.05) is 19.1 Å². The van der Waals surface area contributed by atoms with Gasteiger partial charge in [0.2, 0.25) is 0 Å². The first-order valence-corrected chi connectivity index (χ1v) is 10.4. The minimum absolute atomic E-state index is 0.219. The van der Waals surface area contributed by atoms with E-state index in [9.17, 15) is 14.0 Å². The molecule has 2 aromatic rings. The summed E-state index contributed by atoms with van der Waals surface area (Å²) in [6.07, 6.45) is 2.85. The molecule has 0 radical (unpaired) electrons. The summed E-state index contributed by atoms with van der Waals surface area (Å²) in [5.41, 5.74) is 5.23. The molecule has 1 aliphatic rings. The molecule has 0 saturated heterocycles. The first-order chi connectivity index (χ1) is 13.3. The molecular weight excluding hydrogens is 425 g/mol. The zero-order valence-electron chi connectivity index (χ0n) is 16.3. The molecule has 7 heteroatoms. The molecule has 1 aliphatic carbocycles. The molecule has 28 heavy (non-hydrogen) atoms. The average Bonchev–Trinajstić information content (AvgIpc) is 3.49. The smallest absolute Gasteiger partial charge is 0.283 e. The first-order valence-electron chi connectivity index (χ1n) is 9.57. The number of nitrogens with one attached hydrogen (secondary N) is 2. The highest BCUT2D eigenvalue weighted by Gasteiger charge is 2.34. The largest absolute Gasteiger partial charge is 0.345 e. The molecule has 2 N–H and O–H groups in total. The van der Waals surface area contributed by atoms with E-state index >= 15 is 0 Å². The van der Waals surface area contributed by atoms with Crippen LogP contribution >= 0.6 is 15.9 Å². The molecule has 1 aromatic carbocycles. The molecule has 0 spiro atoms.